The number of hydrogen-bond donors (Lipinski definition) is 0. The summed E-state index contributed by atoms with van der Waals surface area (Å²) in [6.07, 6.45) is 0. The van der Waals surface area contributed by atoms with Crippen molar-refractivity contribution in [3.8, 4) is 0 Å². The van der Waals surface area contributed by atoms with E-state index in [1.807, 2.05) is 0 Å². The van der Waals surface area contributed by atoms with Crippen molar-refractivity contribution in [3.05, 3.63) is 77.0 Å². The normalized spacial score (nSPS) is 11.2. The largest absolute Gasteiger partial charge is 0.594 e. The van der Waals surface area contributed by atoms with Gasteiger partial charge in [-0.2, -0.15) is 0 Å². The maximum atomic E-state index is 12.3. The van der Waals surface area contributed by atoms with E-state index >= 15 is 0 Å². The lowest BCUT2D eigenvalue weighted by molar-refractivity contribution is -0.445. The van der Waals surface area contributed by atoms with Gasteiger partial charge in [-0.15, -0.1) is 0 Å². The van der Waals surface area contributed by atoms with Crippen molar-refractivity contribution in [2.24, 2.45) is 5.11 Å². The lowest BCUT2D eigenvalue weighted by Gasteiger charge is -2.05. The first-order chi connectivity index (χ1) is 12.1. The molecule has 0 fully saturated rings. The molecule has 0 saturated carbocycles. The lowest BCUT2D eigenvalue weighted by atomic mass is 10.1. The number of nitro benzene ring substituents is 3. The zero-order chi connectivity index (χ0) is 19.6. The van der Waals surface area contributed by atoms with Crippen LogP contribution < -0.4 is 0 Å². The summed E-state index contributed by atoms with van der Waals surface area (Å²) in [5.74, 6) is 0. The first-order valence-electron chi connectivity index (χ1n) is 7.00. The molecule has 134 valence electrons. The van der Waals surface area contributed by atoms with Gasteiger partial charge in [0.1, 0.15) is 0 Å². The Labute approximate surface area is 145 Å². The summed E-state index contributed by atoms with van der Waals surface area (Å²) < 4.78 is 0. The molecule has 0 N–H and O–H groups in total. The van der Waals surface area contributed by atoms with Crippen molar-refractivity contribution in [2.45, 2.75) is 13.8 Å². The van der Waals surface area contributed by atoms with Crippen molar-refractivity contribution < 1.29 is 19.6 Å². The Morgan fingerprint density at radius 2 is 1.35 bits per heavy atom. The Balaban J connectivity index is 2.85. The Hall–Kier alpha value is -3.96. The van der Waals surface area contributed by atoms with Gasteiger partial charge in [0.05, 0.1) is 14.8 Å². The van der Waals surface area contributed by atoms with Crippen LogP contribution in [0, 0.1) is 49.4 Å². The second kappa shape index (κ2) is 6.88. The predicted octanol–water partition coefficient (Wildman–Crippen LogP) is 3.95. The molecule has 2 aromatic carbocycles. The summed E-state index contributed by atoms with van der Waals surface area (Å²) in [4.78, 5) is 30.2. The summed E-state index contributed by atoms with van der Waals surface area (Å²) in [5.41, 5.74) is -3.75. The number of para-hydroxylation sites is 1. The molecule has 0 unspecified atom stereocenters. The Kier molecular flexibility index (Phi) is 4.86. The molecule has 0 bridgehead atoms. The first kappa shape index (κ1) is 18.4. The van der Waals surface area contributed by atoms with E-state index < -0.39 is 37.5 Å². The van der Waals surface area contributed by atoms with Gasteiger partial charge in [0.2, 0.25) is 11.4 Å². The van der Waals surface area contributed by atoms with E-state index in [0.717, 1.165) is 6.07 Å². The number of benzene rings is 2. The van der Waals surface area contributed by atoms with Gasteiger partial charge in [-0.1, -0.05) is 18.2 Å². The van der Waals surface area contributed by atoms with E-state index in [0.29, 0.717) is 5.56 Å². The monoisotopic (exact) mass is 361 g/mol. The summed E-state index contributed by atoms with van der Waals surface area (Å²) >= 11 is 0. The van der Waals surface area contributed by atoms with E-state index in [1.54, 1.807) is 25.1 Å². The Morgan fingerprint density at radius 3 is 1.85 bits per heavy atom. The van der Waals surface area contributed by atoms with Gasteiger partial charge in [-0.25, -0.2) is 0 Å². The van der Waals surface area contributed by atoms with Crippen LogP contribution in [0.4, 0.5) is 28.4 Å². The molecule has 0 spiro atoms. The van der Waals surface area contributed by atoms with Crippen molar-refractivity contribution in [2.75, 3.05) is 0 Å². The highest BCUT2D eigenvalue weighted by molar-refractivity contribution is 5.79. The van der Waals surface area contributed by atoms with E-state index in [1.165, 1.54) is 13.0 Å². The van der Waals surface area contributed by atoms with Crippen LogP contribution in [0.15, 0.2) is 35.4 Å². The lowest BCUT2D eigenvalue weighted by Crippen LogP contribution is -2.04. The van der Waals surface area contributed by atoms with Crippen LogP contribution in [0.5, 0.6) is 0 Å². The van der Waals surface area contributed by atoms with Gasteiger partial charge in [0.25, 0.3) is 0 Å². The average molecular weight is 361 g/mol. The number of aryl methyl sites for hydroxylation is 2. The van der Waals surface area contributed by atoms with Crippen LogP contribution in [-0.4, -0.2) is 19.6 Å². The van der Waals surface area contributed by atoms with Crippen molar-refractivity contribution >= 4 is 28.4 Å². The van der Waals surface area contributed by atoms with Gasteiger partial charge < -0.3 is 5.21 Å². The minimum Gasteiger partial charge on any atom is -0.594 e. The molecule has 12 heteroatoms. The van der Waals surface area contributed by atoms with Crippen LogP contribution in [0.25, 0.3) is 0 Å². The maximum absolute atomic E-state index is 12.3. The third kappa shape index (κ3) is 3.28. The van der Waals surface area contributed by atoms with Crippen molar-refractivity contribution in [1.29, 1.82) is 0 Å². The highest BCUT2D eigenvalue weighted by Gasteiger charge is 2.41. The molecule has 0 heterocycles. The zero-order valence-corrected chi connectivity index (χ0v) is 13.5. The molecule has 2 rings (SSSR count). The Morgan fingerprint density at radius 1 is 0.769 bits per heavy atom. The Bertz CT molecular complexity index is 970. The molecular weight excluding hydrogens is 350 g/mol. The summed E-state index contributed by atoms with van der Waals surface area (Å²) in [6.45, 7) is 2.84. The highest BCUT2D eigenvalue weighted by Crippen LogP contribution is 2.45. The van der Waals surface area contributed by atoms with Gasteiger partial charge in [0, 0.05) is 22.8 Å². The van der Waals surface area contributed by atoms with Gasteiger partial charge >= 0.3 is 17.1 Å². The van der Waals surface area contributed by atoms with E-state index in [-0.39, 0.29) is 16.1 Å². The molecule has 0 saturated heterocycles. The molecule has 0 radical (unpaired) electrons. The second-order valence-electron chi connectivity index (χ2n) is 5.19. The third-order valence-corrected chi connectivity index (χ3v) is 3.49. The van der Waals surface area contributed by atoms with E-state index in [2.05, 4.69) is 5.11 Å². The smallest absolute Gasteiger partial charge is 0.424 e. The topological polar surface area (TPSA) is 168 Å². The number of nitro groups is 3. The maximum Gasteiger partial charge on any atom is 0.424 e. The van der Waals surface area contributed by atoms with Crippen LogP contribution in [-0.2, 0) is 0 Å². The fraction of sp³-hybridized carbons (Fsp3) is 0.143. The fourth-order valence-corrected chi connectivity index (χ4v) is 2.30. The highest BCUT2D eigenvalue weighted by atomic mass is 16.6. The number of nitrogens with zero attached hydrogens (tertiary/aromatic N) is 5. The van der Waals surface area contributed by atoms with E-state index in [4.69, 9.17) is 0 Å². The fourth-order valence-electron chi connectivity index (χ4n) is 2.30. The molecule has 2 aromatic rings. The van der Waals surface area contributed by atoms with Gasteiger partial charge in [-0.3, -0.25) is 30.3 Å². The van der Waals surface area contributed by atoms with Crippen LogP contribution in [0.1, 0.15) is 11.1 Å². The first-order valence-corrected chi connectivity index (χ1v) is 7.00. The molecule has 26 heavy (non-hydrogen) atoms. The molecule has 0 aliphatic rings. The van der Waals surface area contributed by atoms with Crippen molar-refractivity contribution in [3.63, 3.8) is 0 Å². The minimum atomic E-state index is -1.33. The second-order valence-corrected chi connectivity index (χ2v) is 5.19. The minimum absolute atomic E-state index is 0.0715. The molecule has 0 aliphatic carbocycles. The summed E-state index contributed by atoms with van der Waals surface area (Å²) in [5, 5.41) is 49.4. The zero-order valence-electron chi connectivity index (χ0n) is 13.5. The summed E-state index contributed by atoms with van der Waals surface area (Å²) in [6, 6.07) is 7.00. The van der Waals surface area contributed by atoms with Crippen LogP contribution in [0.3, 0.4) is 0 Å². The predicted molar refractivity (Wildman–Crippen MR) is 87.7 cm³/mol. The molecular formula is C14H11N5O7. The number of azo groups is 1. The molecule has 12 nitrogen and oxygen atoms in total. The van der Waals surface area contributed by atoms with Crippen LogP contribution in [0.2, 0.25) is 0 Å². The summed E-state index contributed by atoms with van der Waals surface area (Å²) in [7, 11) is 0. The van der Waals surface area contributed by atoms with Gasteiger partial charge in [0.15, 0.2) is 0 Å². The quantitative estimate of drug-likeness (QED) is 0.336. The van der Waals surface area contributed by atoms with Crippen LogP contribution >= 0.6 is 0 Å². The molecule has 0 amide bonds. The SMILES string of the molecule is Cc1ccccc1[N+]([O-])=Nc1c(C)cc([N+](=O)[O-])c([N+](=O)[O-])c1[N+](=O)[O-]. The molecule has 0 atom stereocenters. The number of hydrogen-bond acceptors (Lipinski definition) is 8. The third-order valence-electron chi connectivity index (χ3n) is 3.49. The average Bonchev–Trinajstić information content (AvgIpc) is 2.55. The van der Waals surface area contributed by atoms with Crippen molar-refractivity contribution in [1.82, 2.24) is 0 Å². The van der Waals surface area contributed by atoms with E-state index in [9.17, 15) is 35.6 Å². The number of rotatable bonds is 5. The standard InChI is InChI=1S/C14H11N5O7/c1-8-5-3-4-6-10(8)16(20)15-12-9(2)7-11(17(21)22)13(18(23)24)14(12)19(25)26/h3-7H,1-2H3. The molecule has 0 aromatic heterocycles. The van der Waals surface area contributed by atoms with Gasteiger partial charge in [-0.05, 0) is 24.3 Å². The molecule has 0 aliphatic heterocycles.